The molecule has 0 saturated carbocycles. The van der Waals surface area contributed by atoms with Crippen LogP contribution in [0.15, 0.2) is 17.5 Å². The molecule has 17 heavy (non-hydrogen) atoms. The van der Waals surface area contributed by atoms with Crippen LogP contribution >= 0.6 is 11.3 Å². The number of urea groups is 1. The molecule has 3 amide bonds. The first-order valence-corrected chi connectivity index (χ1v) is 6.51. The van der Waals surface area contributed by atoms with Gasteiger partial charge in [-0.25, -0.2) is 4.79 Å². The Balaban J connectivity index is 1.71. The van der Waals surface area contributed by atoms with Gasteiger partial charge >= 0.3 is 6.03 Å². The van der Waals surface area contributed by atoms with Gasteiger partial charge in [0, 0.05) is 26.2 Å². The van der Waals surface area contributed by atoms with Crippen LogP contribution in [0.1, 0.15) is 9.67 Å². The highest BCUT2D eigenvalue weighted by Crippen LogP contribution is 2.18. The number of carbonyl (C=O) groups excluding carboxylic acids is 2. The maximum Gasteiger partial charge on any atom is 0.317 e. The maximum atomic E-state index is 12.1. The summed E-state index contributed by atoms with van der Waals surface area (Å²) in [5.41, 5.74) is 0. The minimum atomic E-state index is -0.00165. The van der Waals surface area contributed by atoms with Crippen molar-refractivity contribution < 1.29 is 9.59 Å². The third kappa shape index (κ3) is 1.78. The molecule has 0 radical (unpaired) electrons. The molecule has 3 rings (SSSR count). The summed E-state index contributed by atoms with van der Waals surface area (Å²) in [6.07, 6.45) is 0. The number of fused-ring (bicyclic) bond motifs is 1. The third-order valence-electron chi connectivity index (χ3n) is 3.25. The summed E-state index contributed by atoms with van der Waals surface area (Å²) in [4.78, 5) is 28.0. The van der Waals surface area contributed by atoms with Gasteiger partial charge in [-0.3, -0.25) is 4.79 Å². The van der Waals surface area contributed by atoms with Crippen LogP contribution in [0.3, 0.4) is 0 Å². The number of hydrogen-bond donors (Lipinski definition) is 1. The fourth-order valence-electron chi connectivity index (χ4n) is 2.34. The molecule has 90 valence electrons. The Kier molecular flexibility index (Phi) is 2.51. The van der Waals surface area contributed by atoms with Crippen LogP contribution in [-0.4, -0.2) is 54.0 Å². The van der Waals surface area contributed by atoms with Crippen LogP contribution in [-0.2, 0) is 0 Å². The molecular formula is C11H13N3O2S. The second kappa shape index (κ2) is 4.03. The first-order chi connectivity index (χ1) is 8.25. The Bertz CT molecular complexity index is 446. The molecule has 1 N–H and O–H groups in total. The molecule has 2 aliphatic rings. The van der Waals surface area contributed by atoms with E-state index in [2.05, 4.69) is 5.32 Å². The van der Waals surface area contributed by atoms with E-state index in [4.69, 9.17) is 0 Å². The standard InChI is InChI=1S/C11H13N3O2S/c15-10(9-2-1-5-17-9)13-3-4-14-8(7-13)6-12-11(14)16/h1-2,5,8H,3-4,6-7H2,(H,12,16). The zero-order valence-corrected chi connectivity index (χ0v) is 10.1. The maximum absolute atomic E-state index is 12.1. The van der Waals surface area contributed by atoms with Crippen molar-refractivity contribution in [2.75, 3.05) is 26.2 Å². The molecule has 5 nitrogen and oxygen atoms in total. The Hall–Kier alpha value is -1.56. The number of carbonyl (C=O) groups is 2. The molecule has 1 unspecified atom stereocenters. The van der Waals surface area contributed by atoms with Crippen molar-refractivity contribution in [2.45, 2.75) is 6.04 Å². The molecule has 3 heterocycles. The lowest BCUT2D eigenvalue weighted by Crippen LogP contribution is -2.53. The van der Waals surface area contributed by atoms with E-state index in [1.54, 1.807) is 0 Å². The molecule has 1 atom stereocenters. The molecule has 0 aliphatic carbocycles. The zero-order valence-electron chi connectivity index (χ0n) is 9.26. The van der Waals surface area contributed by atoms with Crippen molar-refractivity contribution in [3.05, 3.63) is 22.4 Å². The largest absolute Gasteiger partial charge is 0.336 e. The fraction of sp³-hybridized carbons (Fsp3) is 0.455. The van der Waals surface area contributed by atoms with Gasteiger partial charge in [-0.05, 0) is 11.4 Å². The van der Waals surface area contributed by atoms with E-state index in [1.807, 2.05) is 27.3 Å². The van der Waals surface area contributed by atoms with Crippen molar-refractivity contribution in [3.63, 3.8) is 0 Å². The van der Waals surface area contributed by atoms with Gasteiger partial charge in [-0.1, -0.05) is 6.07 Å². The summed E-state index contributed by atoms with van der Waals surface area (Å²) in [7, 11) is 0. The second-order valence-corrected chi connectivity index (χ2v) is 5.21. The number of piperazine rings is 1. The molecule has 2 aliphatic heterocycles. The summed E-state index contributed by atoms with van der Waals surface area (Å²) in [5, 5.41) is 4.71. The molecular weight excluding hydrogens is 238 g/mol. The van der Waals surface area contributed by atoms with Crippen molar-refractivity contribution in [2.24, 2.45) is 0 Å². The molecule has 2 saturated heterocycles. The Morgan fingerprint density at radius 1 is 1.47 bits per heavy atom. The summed E-state index contributed by atoms with van der Waals surface area (Å²) < 4.78 is 0. The van der Waals surface area contributed by atoms with Crippen LogP contribution in [0.5, 0.6) is 0 Å². The highest BCUT2D eigenvalue weighted by atomic mass is 32.1. The smallest absolute Gasteiger partial charge is 0.317 e. The predicted molar refractivity (Wildman–Crippen MR) is 64.1 cm³/mol. The Morgan fingerprint density at radius 3 is 3.12 bits per heavy atom. The van der Waals surface area contributed by atoms with Crippen LogP contribution < -0.4 is 5.32 Å². The predicted octanol–water partition coefficient (Wildman–Crippen LogP) is 0.598. The molecule has 0 spiro atoms. The number of rotatable bonds is 1. The van der Waals surface area contributed by atoms with Crippen molar-refractivity contribution in [1.29, 1.82) is 0 Å². The lowest BCUT2D eigenvalue weighted by molar-refractivity contribution is 0.0621. The molecule has 1 aromatic rings. The minimum absolute atomic E-state index is 0.00165. The van der Waals surface area contributed by atoms with Gasteiger partial charge in [0.2, 0.25) is 0 Å². The summed E-state index contributed by atoms with van der Waals surface area (Å²) in [6.45, 7) is 2.54. The average molecular weight is 251 g/mol. The van der Waals surface area contributed by atoms with E-state index in [1.165, 1.54) is 11.3 Å². The average Bonchev–Trinajstić information content (AvgIpc) is 2.98. The number of nitrogens with one attached hydrogen (secondary N) is 1. The lowest BCUT2D eigenvalue weighted by atomic mass is 10.2. The number of hydrogen-bond acceptors (Lipinski definition) is 3. The van der Waals surface area contributed by atoms with Crippen LogP contribution in [0.4, 0.5) is 4.79 Å². The normalized spacial score (nSPS) is 23.5. The van der Waals surface area contributed by atoms with E-state index >= 15 is 0 Å². The van der Waals surface area contributed by atoms with Gasteiger partial charge in [-0.15, -0.1) is 11.3 Å². The number of amides is 3. The summed E-state index contributed by atoms with van der Waals surface area (Å²) >= 11 is 1.46. The van der Waals surface area contributed by atoms with E-state index in [0.717, 1.165) is 4.88 Å². The van der Waals surface area contributed by atoms with E-state index < -0.39 is 0 Å². The van der Waals surface area contributed by atoms with Gasteiger partial charge in [0.05, 0.1) is 10.9 Å². The highest BCUT2D eigenvalue weighted by Gasteiger charge is 2.37. The van der Waals surface area contributed by atoms with E-state index in [-0.39, 0.29) is 18.0 Å². The van der Waals surface area contributed by atoms with Crippen LogP contribution in [0.2, 0.25) is 0 Å². The van der Waals surface area contributed by atoms with Crippen LogP contribution in [0, 0.1) is 0 Å². The zero-order chi connectivity index (χ0) is 11.8. The van der Waals surface area contributed by atoms with Crippen LogP contribution in [0.25, 0.3) is 0 Å². The quantitative estimate of drug-likeness (QED) is 0.794. The molecule has 2 fully saturated rings. The molecule has 0 bridgehead atoms. The number of thiophene rings is 1. The Labute approximate surface area is 103 Å². The summed E-state index contributed by atoms with van der Waals surface area (Å²) in [6, 6.07) is 3.87. The first kappa shape index (κ1) is 10.6. The minimum Gasteiger partial charge on any atom is -0.336 e. The van der Waals surface area contributed by atoms with Gasteiger partial charge < -0.3 is 15.1 Å². The van der Waals surface area contributed by atoms with Crippen molar-refractivity contribution in [1.82, 2.24) is 15.1 Å². The monoisotopic (exact) mass is 251 g/mol. The molecule has 0 aromatic carbocycles. The van der Waals surface area contributed by atoms with Crippen molar-refractivity contribution >= 4 is 23.3 Å². The van der Waals surface area contributed by atoms with Gasteiger partial charge in [0.1, 0.15) is 0 Å². The first-order valence-electron chi connectivity index (χ1n) is 5.63. The summed E-state index contributed by atoms with van der Waals surface area (Å²) in [5.74, 6) is 0.0824. The van der Waals surface area contributed by atoms with E-state index in [9.17, 15) is 9.59 Å². The van der Waals surface area contributed by atoms with Gasteiger partial charge in [0.15, 0.2) is 0 Å². The number of nitrogens with zero attached hydrogens (tertiary/aromatic N) is 2. The van der Waals surface area contributed by atoms with E-state index in [0.29, 0.717) is 26.2 Å². The topological polar surface area (TPSA) is 52.7 Å². The fourth-order valence-corrected chi connectivity index (χ4v) is 3.04. The lowest BCUT2D eigenvalue weighted by Gasteiger charge is -2.36. The SMILES string of the molecule is O=C(c1cccs1)N1CCN2C(=O)NCC2C1. The van der Waals surface area contributed by atoms with Crippen molar-refractivity contribution in [3.8, 4) is 0 Å². The third-order valence-corrected chi connectivity index (χ3v) is 4.11. The molecule has 1 aromatic heterocycles. The molecule has 6 heteroatoms. The van der Waals surface area contributed by atoms with Gasteiger partial charge in [0.25, 0.3) is 5.91 Å². The Morgan fingerprint density at radius 2 is 2.35 bits per heavy atom. The second-order valence-electron chi connectivity index (χ2n) is 4.26. The highest BCUT2D eigenvalue weighted by molar-refractivity contribution is 7.12. The van der Waals surface area contributed by atoms with Gasteiger partial charge in [-0.2, -0.15) is 0 Å².